The molecule has 2 heterocycles. The number of nitrogens with zero attached hydrogens (tertiary/aromatic N) is 4. The molecule has 0 aliphatic rings. The van der Waals surface area contributed by atoms with Gasteiger partial charge in [-0.2, -0.15) is 0 Å². The van der Waals surface area contributed by atoms with Gasteiger partial charge in [-0.3, -0.25) is 9.78 Å². The van der Waals surface area contributed by atoms with Crippen LogP contribution in [-0.4, -0.2) is 38.2 Å². The van der Waals surface area contributed by atoms with Crippen LogP contribution in [0.15, 0.2) is 67.1 Å². The zero-order chi connectivity index (χ0) is 24.2. The first-order chi connectivity index (χ1) is 16.4. The lowest BCUT2D eigenvalue weighted by Gasteiger charge is -2.24. The maximum Gasteiger partial charge on any atom is 0.262 e. The topological polar surface area (TPSA) is 109 Å². The number of pyridine rings is 1. The molecule has 1 amide bonds. The molecular formula is C24H18Cl2N4O4. The summed E-state index contributed by atoms with van der Waals surface area (Å²) in [5.74, 6) is -0.779. The zero-order valence-corrected chi connectivity index (χ0v) is 19.3. The molecule has 2 aromatic heterocycles. The minimum atomic E-state index is -0.515. The predicted molar refractivity (Wildman–Crippen MR) is 129 cm³/mol. The number of halogens is 2. The van der Waals surface area contributed by atoms with Crippen molar-refractivity contribution in [2.24, 2.45) is 0 Å². The molecule has 0 unspecified atom stereocenters. The number of phenolic OH excluding ortho intramolecular Hbond substituents is 2. The maximum absolute atomic E-state index is 13.5. The number of hydrogen-bond donors (Lipinski definition) is 2. The lowest BCUT2D eigenvalue weighted by molar-refractivity contribution is 0.0982. The minimum Gasteiger partial charge on any atom is -0.507 e. The number of ether oxygens (including phenoxy) is 1. The number of anilines is 1. The fraction of sp³-hybridized carbons (Fsp3) is 0.0833. The van der Waals surface area contributed by atoms with Crippen molar-refractivity contribution >= 4 is 34.8 Å². The second-order valence-corrected chi connectivity index (χ2v) is 7.92. The van der Waals surface area contributed by atoms with Crippen LogP contribution in [0.2, 0.25) is 10.3 Å². The molecule has 0 atom stereocenters. The van der Waals surface area contributed by atoms with Gasteiger partial charge in [-0.15, -0.1) is 0 Å². The number of aromatic hydroxyl groups is 2. The SMILES string of the molecule is COc1cnc(Cl)nc1-c1ccc(N(Cc2cccnc2)C(=O)c2cc(Cl)c(O)cc2O)cc1. The molecule has 4 rings (SSSR count). The molecule has 0 saturated carbocycles. The first-order valence-corrected chi connectivity index (χ1v) is 10.7. The molecule has 0 spiro atoms. The Bertz CT molecular complexity index is 1340. The average molecular weight is 497 g/mol. The van der Waals surface area contributed by atoms with E-state index in [0.717, 1.165) is 11.6 Å². The summed E-state index contributed by atoms with van der Waals surface area (Å²) in [4.78, 5) is 27.2. The highest BCUT2D eigenvalue weighted by Crippen LogP contribution is 2.34. The van der Waals surface area contributed by atoms with Crippen LogP contribution in [0.1, 0.15) is 15.9 Å². The quantitative estimate of drug-likeness (QED) is 0.356. The van der Waals surface area contributed by atoms with E-state index in [-0.39, 0.29) is 33.9 Å². The van der Waals surface area contributed by atoms with Gasteiger partial charge in [-0.1, -0.05) is 29.8 Å². The van der Waals surface area contributed by atoms with Crippen LogP contribution in [0.3, 0.4) is 0 Å². The van der Waals surface area contributed by atoms with E-state index in [9.17, 15) is 15.0 Å². The van der Waals surface area contributed by atoms with Gasteiger partial charge in [0.1, 0.15) is 17.2 Å². The summed E-state index contributed by atoms with van der Waals surface area (Å²) < 4.78 is 5.33. The molecule has 0 radical (unpaired) electrons. The van der Waals surface area contributed by atoms with Crippen molar-refractivity contribution in [2.45, 2.75) is 6.54 Å². The van der Waals surface area contributed by atoms with Gasteiger partial charge < -0.3 is 19.8 Å². The van der Waals surface area contributed by atoms with E-state index < -0.39 is 5.91 Å². The van der Waals surface area contributed by atoms with Gasteiger partial charge in [0.05, 0.1) is 30.4 Å². The third-order valence-corrected chi connectivity index (χ3v) is 5.49. The zero-order valence-electron chi connectivity index (χ0n) is 17.8. The first kappa shape index (κ1) is 23.3. The number of carbonyl (C=O) groups excluding carboxylic acids is 1. The Morgan fingerprint density at radius 3 is 2.50 bits per heavy atom. The van der Waals surface area contributed by atoms with Crippen LogP contribution >= 0.6 is 23.2 Å². The van der Waals surface area contributed by atoms with Gasteiger partial charge in [0.15, 0.2) is 5.75 Å². The Kier molecular flexibility index (Phi) is 6.81. The van der Waals surface area contributed by atoms with Crippen molar-refractivity contribution in [3.63, 3.8) is 0 Å². The van der Waals surface area contributed by atoms with E-state index in [4.69, 9.17) is 27.9 Å². The number of aromatic nitrogens is 3. The van der Waals surface area contributed by atoms with E-state index in [2.05, 4.69) is 15.0 Å². The summed E-state index contributed by atoms with van der Waals surface area (Å²) in [5, 5.41) is 20.1. The van der Waals surface area contributed by atoms with Crippen molar-refractivity contribution in [3.05, 3.63) is 88.6 Å². The Hall–Kier alpha value is -3.88. The summed E-state index contributed by atoms with van der Waals surface area (Å²) in [5.41, 5.74) is 2.46. The lowest BCUT2D eigenvalue weighted by atomic mass is 10.1. The van der Waals surface area contributed by atoms with Crippen molar-refractivity contribution in [2.75, 3.05) is 12.0 Å². The van der Waals surface area contributed by atoms with Gasteiger partial charge in [-0.05, 0) is 41.4 Å². The number of amides is 1. The fourth-order valence-corrected chi connectivity index (χ4v) is 3.62. The minimum absolute atomic E-state index is 0.0504. The van der Waals surface area contributed by atoms with E-state index in [1.807, 2.05) is 6.07 Å². The number of carbonyl (C=O) groups is 1. The van der Waals surface area contributed by atoms with Crippen molar-refractivity contribution < 1.29 is 19.7 Å². The predicted octanol–water partition coefficient (Wildman–Crippen LogP) is 5.11. The molecule has 0 bridgehead atoms. The fourth-order valence-electron chi connectivity index (χ4n) is 3.33. The standard InChI is InChI=1S/C24H18Cl2N4O4/c1-34-21-12-28-24(26)29-22(21)15-4-6-16(7-5-15)30(13-14-3-2-8-27-11-14)23(33)17-9-18(25)20(32)10-19(17)31/h2-12,31-32H,13H2,1H3. The molecule has 0 fully saturated rings. The number of hydrogen-bond acceptors (Lipinski definition) is 7. The molecule has 172 valence electrons. The molecular weight excluding hydrogens is 479 g/mol. The van der Waals surface area contributed by atoms with Crippen molar-refractivity contribution in [3.8, 4) is 28.5 Å². The van der Waals surface area contributed by atoms with E-state index in [0.29, 0.717) is 22.7 Å². The highest BCUT2D eigenvalue weighted by molar-refractivity contribution is 6.32. The molecule has 4 aromatic rings. The molecule has 8 nitrogen and oxygen atoms in total. The van der Waals surface area contributed by atoms with Gasteiger partial charge in [0.2, 0.25) is 5.28 Å². The van der Waals surface area contributed by atoms with Crippen LogP contribution < -0.4 is 9.64 Å². The van der Waals surface area contributed by atoms with Gasteiger partial charge >= 0.3 is 0 Å². The largest absolute Gasteiger partial charge is 0.507 e. The first-order valence-electron chi connectivity index (χ1n) is 9.96. The van der Waals surface area contributed by atoms with E-state index >= 15 is 0 Å². The van der Waals surface area contributed by atoms with Crippen LogP contribution in [0, 0.1) is 0 Å². The third kappa shape index (κ3) is 4.88. The molecule has 0 saturated heterocycles. The van der Waals surface area contributed by atoms with Gasteiger partial charge in [0, 0.05) is 29.7 Å². The second-order valence-electron chi connectivity index (χ2n) is 7.18. The molecule has 10 heteroatoms. The van der Waals surface area contributed by atoms with E-state index in [1.54, 1.807) is 42.7 Å². The van der Waals surface area contributed by atoms with Crippen LogP contribution in [0.5, 0.6) is 17.2 Å². The second kappa shape index (κ2) is 9.94. The molecule has 2 N–H and O–H groups in total. The van der Waals surface area contributed by atoms with Crippen molar-refractivity contribution in [1.82, 2.24) is 15.0 Å². The molecule has 34 heavy (non-hydrogen) atoms. The summed E-state index contributed by atoms with van der Waals surface area (Å²) in [6.45, 7) is 0.173. The van der Waals surface area contributed by atoms with Crippen LogP contribution in [0.25, 0.3) is 11.3 Å². The summed E-state index contributed by atoms with van der Waals surface area (Å²) in [6, 6.07) is 12.9. The molecule has 0 aliphatic heterocycles. The highest BCUT2D eigenvalue weighted by atomic mass is 35.5. The maximum atomic E-state index is 13.5. The van der Waals surface area contributed by atoms with Crippen molar-refractivity contribution in [1.29, 1.82) is 0 Å². The third-order valence-electron chi connectivity index (χ3n) is 5.00. The smallest absolute Gasteiger partial charge is 0.262 e. The Balaban J connectivity index is 1.75. The number of methoxy groups -OCH3 is 1. The average Bonchev–Trinajstić information content (AvgIpc) is 2.85. The van der Waals surface area contributed by atoms with E-state index in [1.165, 1.54) is 24.3 Å². The molecule has 2 aromatic carbocycles. The summed E-state index contributed by atoms with van der Waals surface area (Å²) in [6.07, 6.45) is 4.76. The van der Waals surface area contributed by atoms with Crippen LogP contribution in [-0.2, 0) is 6.54 Å². The number of phenols is 2. The lowest BCUT2D eigenvalue weighted by Crippen LogP contribution is -2.30. The monoisotopic (exact) mass is 496 g/mol. The highest BCUT2D eigenvalue weighted by Gasteiger charge is 2.23. The Morgan fingerprint density at radius 1 is 1.06 bits per heavy atom. The molecule has 0 aliphatic carbocycles. The van der Waals surface area contributed by atoms with Gasteiger partial charge in [-0.25, -0.2) is 9.97 Å². The van der Waals surface area contributed by atoms with Crippen LogP contribution in [0.4, 0.5) is 5.69 Å². The normalized spacial score (nSPS) is 10.7. The van der Waals surface area contributed by atoms with Gasteiger partial charge in [0.25, 0.3) is 5.91 Å². The summed E-state index contributed by atoms with van der Waals surface area (Å²) in [7, 11) is 1.51. The Morgan fingerprint density at radius 2 is 1.82 bits per heavy atom. The number of benzene rings is 2. The number of rotatable bonds is 6. The Labute approximate surface area is 205 Å². The summed E-state index contributed by atoms with van der Waals surface area (Å²) >= 11 is 11.9.